The number of nitrogens with zero attached hydrogens (tertiary/aromatic N) is 2. The molecule has 1 N–H and O–H groups in total. The Bertz CT molecular complexity index is 607. The first kappa shape index (κ1) is 13.3. The summed E-state index contributed by atoms with van der Waals surface area (Å²) in [4.78, 5) is 17.9. The monoisotopic (exact) mass is 291 g/mol. The number of amides is 1. The van der Waals surface area contributed by atoms with Crippen LogP contribution in [0, 0.1) is 0 Å². The Morgan fingerprint density at radius 1 is 1.40 bits per heavy atom. The summed E-state index contributed by atoms with van der Waals surface area (Å²) in [5.41, 5.74) is 1.92. The van der Waals surface area contributed by atoms with Crippen LogP contribution >= 0.6 is 11.3 Å². The van der Waals surface area contributed by atoms with Crippen molar-refractivity contribution in [2.24, 2.45) is 0 Å². The molecule has 1 aliphatic carbocycles. The maximum atomic E-state index is 12.1. The van der Waals surface area contributed by atoms with Crippen LogP contribution in [-0.4, -0.2) is 16.0 Å². The van der Waals surface area contributed by atoms with Crippen molar-refractivity contribution in [2.75, 3.05) is 5.32 Å². The fourth-order valence-corrected chi connectivity index (χ4v) is 3.28. The molecule has 2 heterocycles. The third-order valence-electron chi connectivity index (χ3n) is 3.41. The first-order chi connectivity index (χ1) is 9.63. The number of fused-ring (bicyclic) bond motifs is 1. The highest BCUT2D eigenvalue weighted by Gasteiger charge is 2.19. The minimum atomic E-state index is -0.282. The summed E-state index contributed by atoms with van der Waals surface area (Å²) in [6.07, 6.45) is 4.48. The molecule has 2 aromatic heterocycles. The quantitative estimate of drug-likeness (QED) is 0.941. The molecule has 0 spiro atoms. The zero-order valence-corrected chi connectivity index (χ0v) is 12.4. The van der Waals surface area contributed by atoms with Crippen LogP contribution in [0.5, 0.6) is 0 Å². The molecule has 0 fully saturated rings. The van der Waals surface area contributed by atoms with E-state index in [1.807, 2.05) is 13.8 Å². The molecule has 6 heteroatoms. The topological polar surface area (TPSA) is 68.0 Å². The lowest BCUT2D eigenvalue weighted by Crippen LogP contribution is -2.10. The van der Waals surface area contributed by atoms with Crippen molar-refractivity contribution < 1.29 is 9.32 Å². The van der Waals surface area contributed by atoms with Crippen molar-refractivity contribution >= 4 is 22.4 Å². The summed E-state index contributed by atoms with van der Waals surface area (Å²) in [7, 11) is 0. The van der Waals surface area contributed by atoms with E-state index in [9.17, 15) is 4.79 Å². The van der Waals surface area contributed by atoms with E-state index in [4.69, 9.17) is 4.52 Å². The lowest BCUT2D eigenvalue weighted by Gasteiger charge is -2.06. The van der Waals surface area contributed by atoms with Gasteiger partial charge < -0.3 is 4.52 Å². The Kier molecular flexibility index (Phi) is 3.56. The van der Waals surface area contributed by atoms with Gasteiger partial charge in [0, 0.05) is 10.9 Å². The first-order valence-corrected chi connectivity index (χ1v) is 7.71. The van der Waals surface area contributed by atoms with Gasteiger partial charge in [0.2, 0.25) is 5.76 Å². The van der Waals surface area contributed by atoms with Gasteiger partial charge in [0.15, 0.2) is 5.13 Å². The Hall–Kier alpha value is -1.69. The Balaban J connectivity index is 1.73. The van der Waals surface area contributed by atoms with E-state index in [-0.39, 0.29) is 17.6 Å². The molecular formula is C14H17N3O2S. The van der Waals surface area contributed by atoms with E-state index >= 15 is 0 Å². The lowest BCUT2D eigenvalue weighted by atomic mass is 10.0. The molecule has 0 aromatic carbocycles. The van der Waals surface area contributed by atoms with Gasteiger partial charge in [0.25, 0.3) is 5.91 Å². The zero-order chi connectivity index (χ0) is 14.1. The van der Waals surface area contributed by atoms with Crippen molar-refractivity contribution in [3.63, 3.8) is 0 Å². The second-order valence-corrected chi connectivity index (χ2v) is 6.40. The summed E-state index contributed by atoms with van der Waals surface area (Å²) in [5, 5.41) is 7.35. The number of thiazole rings is 1. The van der Waals surface area contributed by atoms with E-state index in [0.717, 1.165) is 24.2 Å². The molecule has 5 nitrogen and oxygen atoms in total. The van der Waals surface area contributed by atoms with Crippen LogP contribution in [0.1, 0.15) is 59.4 Å². The summed E-state index contributed by atoms with van der Waals surface area (Å²) in [6, 6.07) is 1.69. The number of rotatable bonds is 3. The first-order valence-electron chi connectivity index (χ1n) is 6.90. The number of hydrogen-bond acceptors (Lipinski definition) is 5. The van der Waals surface area contributed by atoms with Gasteiger partial charge in [-0.05, 0) is 31.6 Å². The summed E-state index contributed by atoms with van der Waals surface area (Å²) in [5.74, 6) is 0.199. The van der Waals surface area contributed by atoms with Crippen LogP contribution in [-0.2, 0) is 12.8 Å². The summed E-state index contributed by atoms with van der Waals surface area (Å²) < 4.78 is 5.08. The molecule has 0 saturated carbocycles. The Morgan fingerprint density at radius 3 is 2.90 bits per heavy atom. The van der Waals surface area contributed by atoms with E-state index < -0.39 is 0 Å². The van der Waals surface area contributed by atoms with E-state index in [2.05, 4.69) is 15.5 Å². The smallest absolute Gasteiger partial charge is 0.296 e. The molecule has 0 radical (unpaired) electrons. The van der Waals surface area contributed by atoms with E-state index in [1.54, 1.807) is 17.4 Å². The zero-order valence-electron chi connectivity index (χ0n) is 11.6. The molecule has 0 aliphatic heterocycles. The fraction of sp³-hybridized carbons (Fsp3) is 0.500. The van der Waals surface area contributed by atoms with Crippen molar-refractivity contribution in [3.05, 3.63) is 28.1 Å². The van der Waals surface area contributed by atoms with Crippen LogP contribution in [0.25, 0.3) is 0 Å². The number of hydrogen-bond donors (Lipinski definition) is 1. The molecule has 0 saturated heterocycles. The normalized spacial score (nSPS) is 14.3. The number of carbonyl (C=O) groups excluding carboxylic acids is 1. The van der Waals surface area contributed by atoms with Crippen molar-refractivity contribution in [1.29, 1.82) is 0 Å². The molecular weight excluding hydrogens is 274 g/mol. The Labute approximate surface area is 121 Å². The van der Waals surface area contributed by atoms with Gasteiger partial charge >= 0.3 is 0 Å². The SMILES string of the molecule is CC(C)c1cc(C(=O)Nc2nc3c(s2)CCCC3)on1. The molecule has 0 bridgehead atoms. The largest absolute Gasteiger partial charge is 0.351 e. The second-order valence-electron chi connectivity index (χ2n) is 5.32. The van der Waals surface area contributed by atoms with Gasteiger partial charge in [-0.2, -0.15) is 0 Å². The maximum Gasteiger partial charge on any atom is 0.296 e. The van der Waals surface area contributed by atoms with E-state index in [1.165, 1.54) is 17.7 Å². The third-order valence-corrected chi connectivity index (χ3v) is 4.48. The molecule has 0 atom stereocenters. The third kappa shape index (κ3) is 2.60. The second kappa shape index (κ2) is 5.36. The minimum Gasteiger partial charge on any atom is -0.351 e. The van der Waals surface area contributed by atoms with Gasteiger partial charge in [0.1, 0.15) is 0 Å². The number of nitrogens with one attached hydrogen (secondary N) is 1. The number of carbonyl (C=O) groups is 1. The number of anilines is 1. The lowest BCUT2D eigenvalue weighted by molar-refractivity contribution is 0.0987. The van der Waals surface area contributed by atoms with Gasteiger partial charge in [0.05, 0.1) is 11.4 Å². The highest BCUT2D eigenvalue weighted by molar-refractivity contribution is 7.15. The van der Waals surface area contributed by atoms with Crippen molar-refractivity contribution in [2.45, 2.75) is 45.4 Å². The average molecular weight is 291 g/mol. The molecule has 0 unspecified atom stereocenters. The highest BCUT2D eigenvalue weighted by Crippen LogP contribution is 2.29. The predicted octanol–water partition coefficient (Wildman–Crippen LogP) is 3.39. The number of aromatic nitrogens is 2. The van der Waals surface area contributed by atoms with Crippen LogP contribution in [0.3, 0.4) is 0 Å². The fourth-order valence-electron chi connectivity index (χ4n) is 2.23. The van der Waals surface area contributed by atoms with Crippen LogP contribution < -0.4 is 5.32 Å². The molecule has 1 aliphatic rings. The minimum absolute atomic E-state index is 0.238. The highest BCUT2D eigenvalue weighted by atomic mass is 32.1. The standard InChI is InChI=1S/C14H17N3O2S/c1-8(2)10-7-11(19-17-10)13(18)16-14-15-9-5-3-4-6-12(9)20-14/h7-8H,3-6H2,1-2H3,(H,15,16,18). The van der Waals surface area contributed by atoms with Crippen LogP contribution in [0.4, 0.5) is 5.13 Å². The molecule has 20 heavy (non-hydrogen) atoms. The Morgan fingerprint density at radius 2 is 2.20 bits per heavy atom. The van der Waals surface area contributed by atoms with Gasteiger partial charge in [-0.15, -0.1) is 11.3 Å². The summed E-state index contributed by atoms with van der Waals surface area (Å²) >= 11 is 1.57. The molecule has 2 aromatic rings. The maximum absolute atomic E-state index is 12.1. The molecule has 3 rings (SSSR count). The predicted molar refractivity (Wildman–Crippen MR) is 77.3 cm³/mol. The van der Waals surface area contributed by atoms with Crippen LogP contribution in [0.2, 0.25) is 0 Å². The summed E-state index contributed by atoms with van der Waals surface area (Å²) in [6.45, 7) is 4.02. The van der Waals surface area contributed by atoms with Crippen molar-refractivity contribution in [1.82, 2.24) is 10.1 Å². The van der Waals surface area contributed by atoms with E-state index in [0.29, 0.717) is 5.13 Å². The molecule has 1 amide bonds. The van der Waals surface area contributed by atoms with Crippen LogP contribution in [0.15, 0.2) is 10.6 Å². The number of aryl methyl sites for hydroxylation is 2. The van der Waals surface area contributed by atoms with Gasteiger partial charge in [-0.25, -0.2) is 4.98 Å². The van der Waals surface area contributed by atoms with Crippen molar-refractivity contribution in [3.8, 4) is 0 Å². The average Bonchev–Trinajstić information content (AvgIpc) is 3.04. The van der Waals surface area contributed by atoms with Gasteiger partial charge in [-0.1, -0.05) is 19.0 Å². The molecule has 106 valence electrons. The van der Waals surface area contributed by atoms with Gasteiger partial charge in [-0.3, -0.25) is 10.1 Å².